The van der Waals surface area contributed by atoms with Crippen molar-refractivity contribution in [1.82, 2.24) is 15.5 Å². The lowest BCUT2D eigenvalue weighted by Crippen LogP contribution is -2.30. The maximum absolute atomic E-state index is 11.5. The van der Waals surface area contributed by atoms with E-state index < -0.39 is 0 Å². The third-order valence-electron chi connectivity index (χ3n) is 3.04. The van der Waals surface area contributed by atoms with Gasteiger partial charge in [0.25, 0.3) is 0 Å². The summed E-state index contributed by atoms with van der Waals surface area (Å²) in [4.78, 5) is 13.6. The summed E-state index contributed by atoms with van der Waals surface area (Å²) in [6, 6.07) is 3.78. The number of unbranched alkanes of at least 4 members (excludes halogenated alkanes) is 1. The minimum Gasteiger partial charge on any atom is -0.358 e. The number of amides is 2. The number of nitrogens with zero attached hydrogens (tertiary/aromatic N) is 3. The number of urea groups is 1. The molecule has 0 radical (unpaired) electrons. The van der Waals surface area contributed by atoms with Crippen molar-refractivity contribution < 1.29 is 4.79 Å². The molecule has 6 nitrogen and oxygen atoms in total. The third kappa shape index (κ3) is 4.39. The summed E-state index contributed by atoms with van der Waals surface area (Å²) < 4.78 is 0. The van der Waals surface area contributed by atoms with Gasteiger partial charge < -0.3 is 10.2 Å². The van der Waals surface area contributed by atoms with E-state index in [9.17, 15) is 4.79 Å². The molecule has 0 aromatic carbocycles. The summed E-state index contributed by atoms with van der Waals surface area (Å²) in [7, 11) is 1.99. The van der Waals surface area contributed by atoms with Crippen molar-refractivity contribution >= 4 is 17.7 Å². The van der Waals surface area contributed by atoms with Gasteiger partial charge in [-0.2, -0.15) is 0 Å². The fourth-order valence-corrected chi connectivity index (χ4v) is 1.67. The summed E-state index contributed by atoms with van der Waals surface area (Å²) in [6.07, 6.45) is 4.42. The van der Waals surface area contributed by atoms with Crippen LogP contribution in [0.3, 0.4) is 0 Å². The molecule has 1 heterocycles. The molecule has 2 N–H and O–H groups in total. The number of carbonyl (C=O) groups is 1. The number of hydrogen-bond donors (Lipinski definition) is 2. The third-order valence-corrected chi connectivity index (χ3v) is 3.04. The number of anilines is 2. The summed E-state index contributed by atoms with van der Waals surface area (Å²) in [5.41, 5.74) is 0. The van der Waals surface area contributed by atoms with Crippen LogP contribution in [0.4, 0.5) is 16.4 Å². The molecule has 0 saturated heterocycles. The van der Waals surface area contributed by atoms with Crippen molar-refractivity contribution in [1.29, 1.82) is 0 Å². The molecule has 0 bridgehead atoms. The van der Waals surface area contributed by atoms with Crippen molar-refractivity contribution in [2.24, 2.45) is 0 Å². The molecule has 1 fully saturated rings. The first-order valence-corrected chi connectivity index (χ1v) is 6.81. The van der Waals surface area contributed by atoms with Crippen LogP contribution in [0.1, 0.15) is 32.6 Å². The monoisotopic (exact) mass is 263 g/mol. The first kappa shape index (κ1) is 13.6. The average Bonchev–Trinajstić information content (AvgIpc) is 3.20. The average molecular weight is 263 g/mol. The predicted octanol–water partition coefficient (Wildman–Crippen LogP) is 2.00. The Kier molecular flexibility index (Phi) is 4.54. The number of carbonyl (C=O) groups excluding carboxylic acids is 1. The summed E-state index contributed by atoms with van der Waals surface area (Å²) in [5.74, 6) is 1.30. The molecule has 6 heteroatoms. The molecule has 0 spiro atoms. The second-order valence-electron chi connectivity index (χ2n) is 4.92. The number of nitrogens with one attached hydrogen (secondary N) is 2. The van der Waals surface area contributed by atoms with Crippen LogP contribution in [0.15, 0.2) is 12.1 Å². The lowest BCUT2D eigenvalue weighted by molar-refractivity contribution is 0.251. The minimum absolute atomic E-state index is 0.205. The van der Waals surface area contributed by atoms with E-state index in [0.717, 1.165) is 38.0 Å². The van der Waals surface area contributed by atoms with Gasteiger partial charge in [-0.3, -0.25) is 5.32 Å². The van der Waals surface area contributed by atoms with Crippen LogP contribution >= 0.6 is 0 Å². The van der Waals surface area contributed by atoms with Gasteiger partial charge in [0.1, 0.15) is 0 Å². The zero-order valence-corrected chi connectivity index (χ0v) is 11.5. The maximum Gasteiger partial charge on any atom is 0.320 e. The van der Waals surface area contributed by atoms with E-state index in [1.807, 2.05) is 13.1 Å². The summed E-state index contributed by atoms with van der Waals surface area (Å²) in [5, 5.41) is 13.6. The Morgan fingerprint density at radius 2 is 2.21 bits per heavy atom. The highest BCUT2D eigenvalue weighted by atomic mass is 16.2. The fourth-order valence-electron chi connectivity index (χ4n) is 1.67. The Bertz CT molecular complexity index is 416. The van der Waals surface area contributed by atoms with Crippen molar-refractivity contribution in [2.45, 2.75) is 38.6 Å². The lowest BCUT2D eigenvalue weighted by atomic mass is 10.3. The van der Waals surface area contributed by atoms with Crippen molar-refractivity contribution in [2.75, 3.05) is 23.8 Å². The minimum atomic E-state index is -0.205. The van der Waals surface area contributed by atoms with Crippen LogP contribution in [-0.2, 0) is 0 Å². The predicted molar refractivity (Wildman–Crippen MR) is 75.4 cm³/mol. The van der Waals surface area contributed by atoms with Gasteiger partial charge in [0.05, 0.1) is 0 Å². The highest BCUT2D eigenvalue weighted by molar-refractivity contribution is 5.88. The van der Waals surface area contributed by atoms with E-state index in [1.54, 1.807) is 6.07 Å². The molecule has 1 aromatic heterocycles. The molecule has 2 amide bonds. The van der Waals surface area contributed by atoms with Gasteiger partial charge >= 0.3 is 6.03 Å². The van der Waals surface area contributed by atoms with E-state index in [-0.39, 0.29) is 6.03 Å². The Morgan fingerprint density at radius 3 is 2.79 bits per heavy atom. The van der Waals surface area contributed by atoms with E-state index in [4.69, 9.17) is 0 Å². The molecule has 2 rings (SSSR count). The second kappa shape index (κ2) is 6.36. The molecule has 104 valence electrons. The van der Waals surface area contributed by atoms with E-state index in [1.165, 1.54) is 0 Å². The molecule has 0 atom stereocenters. The molecule has 1 aliphatic rings. The quantitative estimate of drug-likeness (QED) is 0.823. The number of rotatable bonds is 6. The van der Waals surface area contributed by atoms with Crippen LogP contribution < -0.4 is 15.5 Å². The zero-order chi connectivity index (χ0) is 13.7. The smallest absolute Gasteiger partial charge is 0.320 e. The molecule has 19 heavy (non-hydrogen) atoms. The van der Waals surface area contributed by atoms with Gasteiger partial charge in [-0.15, -0.1) is 10.2 Å². The van der Waals surface area contributed by atoms with Crippen molar-refractivity contribution in [3.05, 3.63) is 12.1 Å². The van der Waals surface area contributed by atoms with Crippen molar-refractivity contribution in [3.8, 4) is 0 Å². The molecule has 0 unspecified atom stereocenters. The normalized spacial score (nSPS) is 14.0. The summed E-state index contributed by atoms with van der Waals surface area (Å²) in [6.45, 7) is 3.12. The van der Waals surface area contributed by atoms with Gasteiger partial charge in [0.15, 0.2) is 11.6 Å². The Balaban J connectivity index is 1.84. The Morgan fingerprint density at radius 1 is 1.42 bits per heavy atom. The molecule has 1 aromatic rings. The first-order chi connectivity index (χ1) is 9.19. The van der Waals surface area contributed by atoms with Crippen LogP contribution in [-0.4, -0.2) is 35.9 Å². The first-order valence-electron chi connectivity index (χ1n) is 6.81. The highest BCUT2D eigenvalue weighted by Crippen LogP contribution is 2.18. The van der Waals surface area contributed by atoms with Crippen molar-refractivity contribution in [3.63, 3.8) is 0 Å². The lowest BCUT2D eigenvalue weighted by Gasteiger charge is -2.17. The number of hydrogen-bond acceptors (Lipinski definition) is 4. The Labute approximate surface area is 113 Å². The molecule has 1 aliphatic carbocycles. The molecular weight excluding hydrogens is 242 g/mol. The number of aromatic nitrogens is 2. The summed E-state index contributed by atoms with van der Waals surface area (Å²) >= 11 is 0. The van der Waals surface area contributed by atoms with Gasteiger partial charge in [0.2, 0.25) is 0 Å². The fraction of sp³-hybridized carbons (Fsp3) is 0.615. The molecular formula is C13H21N5O. The van der Waals surface area contributed by atoms with E-state index >= 15 is 0 Å². The standard InChI is InChI=1S/C13H21N5O/c1-3-4-9-18(2)12-8-7-11(16-17-12)15-13(19)14-10-5-6-10/h7-8,10H,3-6,9H2,1-2H3,(H2,14,15,16,19). The van der Waals surface area contributed by atoms with E-state index in [2.05, 4.69) is 32.7 Å². The largest absolute Gasteiger partial charge is 0.358 e. The van der Waals surface area contributed by atoms with Gasteiger partial charge in [-0.05, 0) is 31.4 Å². The van der Waals surface area contributed by atoms with Gasteiger partial charge in [-0.25, -0.2) is 4.79 Å². The van der Waals surface area contributed by atoms with Crippen LogP contribution in [0.5, 0.6) is 0 Å². The second-order valence-corrected chi connectivity index (χ2v) is 4.92. The molecule has 0 aliphatic heterocycles. The van der Waals surface area contributed by atoms with Crippen LogP contribution in [0.2, 0.25) is 0 Å². The molecule has 1 saturated carbocycles. The van der Waals surface area contributed by atoms with Gasteiger partial charge in [-0.1, -0.05) is 13.3 Å². The van der Waals surface area contributed by atoms with E-state index in [0.29, 0.717) is 11.9 Å². The van der Waals surface area contributed by atoms with Crippen LogP contribution in [0.25, 0.3) is 0 Å². The SMILES string of the molecule is CCCCN(C)c1ccc(NC(=O)NC2CC2)nn1. The maximum atomic E-state index is 11.5. The van der Waals surface area contributed by atoms with Gasteiger partial charge in [0, 0.05) is 19.6 Å². The zero-order valence-electron chi connectivity index (χ0n) is 11.5. The topological polar surface area (TPSA) is 70.2 Å². The highest BCUT2D eigenvalue weighted by Gasteiger charge is 2.23. The Hall–Kier alpha value is -1.85. The van der Waals surface area contributed by atoms with Crippen LogP contribution in [0, 0.1) is 0 Å².